The Morgan fingerprint density at radius 3 is 2.92 bits per heavy atom. The van der Waals surface area contributed by atoms with Gasteiger partial charge in [0.2, 0.25) is 0 Å². The van der Waals surface area contributed by atoms with E-state index in [-0.39, 0.29) is 6.10 Å². The molecule has 74 valence electrons. The van der Waals surface area contributed by atoms with Crippen molar-refractivity contribution in [1.29, 1.82) is 0 Å². The summed E-state index contributed by atoms with van der Waals surface area (Å²) in [5, 5.41) is 9.96. The van der Waals surface area contributed by atoms with Gasteiger partial charge in [0.25, 0.3) is 0 Å². The first-order valence-corrected chi connectivity index (χ1v) is 5.01. The van der Waals surface area contributed by atoms with Crippen molar-refractivity contribution in [1.82, 2.24) is 0 Å². The van der Waals surface area contributed by atoms with Crippen LogP contribution in [-0.4, -0.2) is 23.9 Å². The molecular formula is C10H17NO2. The van der Waals surface area contributed by atoms with E-state index in [9.17, 15) is 5.11 Å². The van der Waals surface area contributed by atoms with Gasteiger partial charge in [-0.25, -0.2) is 0 Å². The van der Waals surface area contributed by atoms with Gasteiger partial charge in [0.15, 0.2) is 0 Å². The van der Waals surface area contributed by atoms with Crippen LogP contribution in [0.1, 0.15) is 25.7 Å². The summed E-state index contributed by atoms with van der Waals surface area (Å²) in [6.45, 7) is 0.727. The van der Waals surface area contributed by atoms with Crippen molar-refractivity contribution in [2.24, 2.45) is 11.7 Å². The Kier molecular flexibility index (Phi) is 2.56. The minimum absolute atomic E-state index is 0.294. The Morgan fingerprint density at radius 1 is 1.54 bits per heavy atom. The molecular weight excluding hydrogens is 166 g/mol. The van der Waals surface area contributed by atoms with E-state index in [1.165, 1.54) is 0 Å². The lowest BCUT2D eigenvalue weighted by molar-refractivity contribution is 0.141. The van der Waals surface area contributed by atoms with Crippen molar-refractivity contribution in [3.8, 4) is 0 Å². The third kappa shape index (κ3) is 1.86. The summed E-state index contributed by atoms with van der Waals surface area (Å²) in [5.74, 6) is 0.364. The van der Waals surface area contributed by atoms with Crippen molar-refractivity contribution < 1.29 is 9.84 Å². The molecule has 0 aromatic heterocycles. The van der Waals surface area contributed by atoms with Gasteiger partial charge < -0.3 is 15.6 Å². The minimum Gasteiger partial charge on any atom is -0.501 e. The summed E-state index contributed by atoms with van der Waals surface area (Å²) >= 11 is 0. The van der Waals surface area contributed by atoms with Gasteiger partial charge in [-0.15, -0.1) is 0 Å². The number of hydrogen-bond acceptors (Lipinski definition) is 3. The van der Waals surface area contributed by atoms with E-state index in [4.69, 9.17) is 10.5 Å². The normalized spacial score (nSPS) is 35.7. The largest absolute Gasteiger partial charge is 0.501 e. The monoisotopic (exact) mass is 183 g/mol. The lowest BCUT2D eigenvalue weighted by Gasteiger charge is -2.17. The fourth-order valence-electron chi connectivity index (χ4n) is 2.26. The molecule has 0 aromatic carbocycles. The Balaban J connectivity index is 1.92. The van der Waals surface area contributed by atoms with E-state index in [1.807, 2.05) is 0 Å². The number of rotatable bonds is 2. The summed E-state index contributed by atoms with van der Waals surface area (Å²) in [4.78, 5) is 0. The molecule has 0 amide bonds. The first-order chi connectivity index (χ1) is 6.27. The molecule has 0 aromatic rings. The summed E-state index contributed by atoms with van der Waals surface area (Å²) < 4.78 is 5.11. The van der Waals surface area contributed by atoms with Crippen LogP contribution in [0.3, 0.4) is 0 Å². The summed E-state index contributed by atoms with van der Waals surface area (Å²) in [5.41, 5.74) is 6.85. The number of nitrogens with two attached hydrogens (primary N) is 1. The van der Waals surface area contributed by atoms with Gasteiger partial charge in [-0.3, -0.25) is 0 Å². The molecule has 2 aliphatic rings. The Labute approximate surface area is 78.6 Å². The van der Waals surface area contributed by atoms with E-state index >= 15 is 0 Å². The fraction of sp³-hybridized carbons (Fsp3) is 0.800. The van der Waals surface area contributed by atoms with E-state index in [2.05, 4.69) is 0 Å². The van der Waals surface area contributed by atoms with Crippen LogP contribution >= 0.6 is 0 Å². The fourth-order valence-corrected chi connectivity index (χ4v) is 2.26. The van der Waals surface area contributed by atoms with Gasteiger partial charge in [0.1, 0.15) is 0 Å². The molecule has 1 aliphatic heterocycles. The zero-order valence-electron chi connectivity index (χ0n) is 7.78. The molecule has 1 heterocycles. The first kappa shape index (κ1) is 9.03. The highest BCUT2D eigenvalue weighted by Crippen LogP contribution is 2.32. The van der Waals surface area contributed by atoms with Crippen LogP contribution in [0.4, 0.5) is 0 Å². The number of aliphatic hydroxyl groups excluding tert-OH is 1. The average molecular weight is 183 g/mol. The maximum atomic E-state index is 9.96. The van der Waals surface area contributed by atoms with Gasteiger partial charge in [-0.1, -0.05) is 0 Å². The highest BCUT2D eigenvalue weighted by Gasteiger charge is 2.30. The van der Waals surface area contributed by atoms with Crippen molar-refractivity contribution in [2.45, 2.75) is 37.8 Å². The smallest absolute Gasteiger partial charge is 0.0912 e. The van der Waals surface area contributed by atoms with Gasteiger partial charge in [-0.2, -0.15) is 0 Å². The summed E-state index contributed by atoms with van der Waals surface area (Å²) in [7, 11) is 0. The molecule has 0 spiro atoms. The Morgan fingerprint density at radius 2 is 2.38 bits per heavy atom. The zero-order chi connectivity index (χ0) is 9.26. The van der Waals surface area contributed by atoms with Crippen LogP contribution in [0.5, 0.6) is 0 Å². The minimum atomic E-state index is -0.309. The maximum Gasteiger partial charge on any atom is 0.0912 e. The third-order valence-corrected chi connectivity index (χ3v) is 3.08. The van der Waals surface area contributed by atoms with Crippen LogP contribution in [0.25, 0.3) is 0 Å². The summed E-state index contributed by atoms with van der Waals surface area (Å²) in [6.07, 6.45) is 5.35. The van der Waals surface area contributed by atoms with Crippen LogP contribution in [0.15, 0.2) is 11.8 Å². The molecule has 1 fully saturated rings. The molecule has 0 bridgehead atoms. The molecule has 3 atom stereocenters. The molecule has 13 heavy (non-hydrogen) atoms. The second-order valence-corrected chi connectivity index (χ2v) is 4.09. The topological polar surface area (TPSA) is 55.5 Å². The molecule has 0 saturated heterocycles. The zero-order valence-corrected chi connectivity index (χ0v) is 7.78. The molecule has 2 rings (SSSR count). The van der Waals surface area contributed by atoms with E-state index in [1.54, 1.807) is 6.26 Å². The van der Waals surface area contributed by atoms with Crippen molar-refractivity contribution >= 4 is 0 Å². The van der Waals surface area contributed by atoms with Crippen molar-refractivity contribution in [3.05, 3.63) is 11.8 Å². The molecule has 0 radical (unpaired) electrons. The standard InChI is InChI=1S/C10H17NO2/c11-9-2-1-7(5-9)10(12)8-3-4-13-6-8/h6-7,9-10,12H,1-5,11H2. The average Bonchev–Trinajstić information content (AvgIpc) is 2.72. The number of hydrogen-bond donors (Lipinski definition) is 2. The second kappa shape index (κ2) is 3.68. The van der Waals surface area contributed by atoms with Crippen LogP contribution < -0.4 is 5.73 Å². The predicted octanol–water partition coefficient (Wildman–Crippen LogP) is 0.779. The Hall–Kier alpha value is -0.540. The van der Waals surface area contributed by atoms with Crippen LogP contribution in [0.2, 0.25) is 0 Å². The molecule has 1 aliphatic carbocycles. The van der Waals surface area contributed by atoms with Gasteiger partial charge >= 0.3 is 0 Å². The number of aliphatic hydroxyl groups is 1. The molecule has 1 saturated carbocycles. The molecule has 3 unspecified atom stereocenters. The van der Waals surface area contributed by atoms with E-state index in [0.29, 0.717) is 12.0 Å². The van der Waals surface area contributed by atoms with Crippen LogP contribution in [0, 0.1) is 5.92 Å². The van der Waals surface area contributed by atoms with Gasteiger partial charge in [0, 0.05) is 12.5 Å². The van der Waals surface area contributed by atoms with Gasteiger partial charge in [-0.05, 0) is 30.8 Å². The SMILES string of the molecule is NC1CCC(C(O)C2=COCC2)C1. The third-order valence-electron chi connectivity index (χ3n) is 3.08. The Bertz CT molecular complexity index is 215. The van der Waals surface area contributed by atoms with Crippen LogP contribution in [-0.2, 0) is 4.74 Å². The van der Waals surface area contributed by atoms with Crippen molar-refractivity contribution in [2.75, 3.05) is 6.61 Å². The molecule has 3 nitrogen and oxygen atoms in total. The summed E-state index contributed by atoms with van der Waals surface area (Å²) in [6, 6.07) is 0.294. The second-order valence-electron chi connectivity index (χ2n) is 4.09. The van der Waals surface area contributed by atoms with Gasteiger partial charge in [0.05, 0.1) is 19.0 Å². The molecule has 3 heteroatoms. The highest BCUT2D eigenvalue weighted by atomic mass is 16.5. The first-order valence-electron chi connectivity index (χ1n) is 5.01. The predicted molar refractivity (Wildman–Crippen MR) is 50.0 cm³/mol. The maximum absolute atomic E-state index is 9.96. The quantitative estimate of drug-likeness (QED) is 0.665. The molecule has 3 N–H and O–H groups in total. The van der Waals surface area contributed by atoms with E-state index in [0.717, 1.165) is 37.9 Å². The highest BCUT2D eigenvalue weighted by molar-refractivity contribution is 5.11. The lowest BCUT2D eigenvalue weighted by Crippen LogP contribution is -2.22. The van der Waals surface area contributed by atoms with Crippen molar-refractivity contribution in [3.63, 3.8) is 0 Å². The van der Waals surface area contributed by atoms with E-state index < -0.39 is 0 Å². The number of ether oxygens (including phenoxy) is 1. The lowest BCUT2D eigenvalue weighted by atomic mass is 9.94.